The molecule has 1 heterocycles. The summed E-state index contributed by atoms with van der Waals surface area (Å²) in [7, 11) is 2.39. The highest BCUT2D eigenvalue weighted by Gasteiger charge is 2.29. The minimum Gasteiger partial charge on any atom is -0.480 e. The molecule has 0 unspecified atom stereocenters. The number of carbonyl (C=O) groups is 1. The molecule has 5 nitrogen and oxygen atoms in total. The van der Waals surface area contributed by atoms with Crippen molar-refractivity contribution in [3.8, 4) is 11.8 Å². The number of ether oxygens (including phenoxy) is 3. The van der Waals surface area contributed by atoms with E-state index in [2.05, 4.69) is 14.5 Å². The molecule has 0 saturated heterocycles. The van der Waals surface area contributed by atoms with Gasteiger partial charge in [-0.2, -0.15) is 18.2 Å². The van der Waals surface area contributed by atoms with E-state index in [1.54, 1.807) is 0 Å². The summed E-state index contributed by atoms with van der Waals surface area (Å²) in [5, 5.41) is 0. The molecule has 0 N–H and O–H groups in total. The highest BCUT2D eigenvalue weighted by molar-refractivity contribution is 5.91. The van der Waals surface area contributed by atoms with Gasteiger partial charge in [-0.3, -0.25) is 0 Å². The first kappa shape index (κ1) is 14.1. The summed E-state index contributed by atoms with van der Waals surface area (Å²) >= 11 is 0. The molecule has 0 atom stereocenters. The summed E-state index contributed by atoms with van der Waals surface area (Å²) in [4.78, 5) is 14.9. The molecule has 1 aromatic heterocycles. The van der Waals surface area contributed by atoms with Crippen LogP contribution >= 0.6 is 0 Å². The fourth-order valence-electron chi connectivity index (χ4n) is 1.08. The number of hydrogen-bond donors (Lipinski definition) is 0. The zero-order valence-electron chi connectivity index (χ0n) is 9.58. The molecule has 100 valence electrons. The Hall–Kier alpha value is -1.99. The van der Waals surface area contributed by atoms with Crippen molar-refractivity contribution in [3.63, 3.8) is 0 Å². The van der Waals surface area contributed by atoms with Gasteiger partial charge in [0.05, 0.1) is 14.2 Å². The van der Waals surface area contributed by atoms with Crippen LogP contribution in [0.3, 0.4) is 0 Å². The van der Waals surface area contributed by atoms with Gasteiger partial charge < -0.3 is 14.2 Å². The molecule has 0 fully saturated rings. The maximum atomic E-state index is 11.9. The Morgan fingerprint density at radius 1 is 1.33 bits per heavy atom. The largest absolute Gasteiger partial charge is 0.480 e. The van der Waals surface area contributed by atoms with Crippen molar-refractivity contribution in [2.24, 2.45) is 0 Å². The molecule has 0 aromatic carbocycles. The second-order valence-corrected chi connectivity index (χ2v) is 3.10. The Morgan fingerprint density at radius 2 is 2.00 bits per heavy atom. The summed E-state index contributed by atoms with van der Waals surface area (Å²) in [6.45, 7) is -1.47. The van der Waals surface area contributed by atoms with Crippen LogP contribution in [0, 0.1) is 0 Å². The third-order valence-electron chi connectivity index (χ3n) is 1.82. The quantitative estimate of drug-likeness (QED) is 0.777. The number of carbonyl (C=O) groups excluding carboxylic acids is 1. The maximum absolute atomic E-state index is 11.9. The molecule has 0 aliphatic rings. The van der Waals surface area contributed by atoms with Crippen molar-refractivity contribution in [1.29, 1.82) is 0 Å². The van der Waals surface area contributed by atoms with Crippen LogP contribution in [0.1, 0.15) is 10.4 Å². The van der Waals surface area contributed by atoms with E-state index in [9.17, 15) is 18.0 Å². The van der Waals surface area contributed by atoms with Gasteiger partial charge in [0.15, 0.2) is 6.61 Å². The van der Waals surface area contributed by atoms with E-state index in [1.165, 1.54) is 13.2 Å². The van der Waals surface area contributed by atoms with Gasteiger partial charge in [0.1, 0.15) is 5.56 Å². The first-order valence-corrected chi connectivity index (χ1v) is 4.70. The van der Waals surface area contributed by atoms with Crippen molar-refractivity contribution in [2.75, 3.05) is 20.8 Å². The topological polar surface area (TPSA) is 57.7 Å². The number of esters is 1. The molecule has 0 saturated carbocycles. The van der Waals surface area contributed by atoms with Crippen LogP contribution in [0.15, 0.2) is 12.1 Å². The van der Waals surface area contributed by atoms with Gasteiger partial charge in [-0.05, 0) is 6.07 Å². The minimum absolute atomic E-state index is 0.000594. The monoisotopic (exact) mass is 265 g/mol. The van der Waals surface area contributed by atoms with Crippen molar-refractivity contribution < 1.29 is 32.2 Å². The second-order valence-electron chi connectivity index (χ2n) is 3.10. The molecule has 8 heteroatoms. The van der Waals surface area contributed by atoms with Crippen molar-refractivity contribution >= 4 is 5.97 Å². The number of halogens is 3. The minimum atomic E-state index is -4.46. The van der Waals surface area contributed by atoms with Gasteiger partial charge in [-0.1, -0.05) is 0 Å². The molecule has 0 aliphatic heterocycles. The van der Waals surface area contributed by atoms with Crippen LogP contribution in [0.25, 0.3) is 0 Å². The Balaban J connectivity index is 2.88. The Labute approximate surface area is 100 Å². The van der Waals surface area contributed by atoms with Gasteiger partial charge >= 0.3 is 12.1 Å². The SMILES string of the molecule is COC(=O)c1ccc(OCC(F)(F)F)nc1OC. The van der Waals surface area contributed by atoms with Crippen LogP contribution in [-0.2, 0) is 4.74 Å². The van der Waals surface area contributed by atoms with E-state index in [0.29, 0.717) is 0 Å². The lowest BCUT2D eigenvalue weighted by molar-refractivity contribution is -0.154. The smallest absolute Gasteiger partial charge is 0.422 e. The molecule has 0 bridgehead atoms. The van der Waals surface area contributed by atoms with Gasteiger partial charge in [-0.25, -0.2) is 4.79 Å². The summed E-state index contributed by atoms with van der Waals surface area (Å²) < 4.78 is 49.4. The Kier molecular flexibility index (Phi) is 4.35. The maximum Gasteiger partial charge on any atom is 0.422 e. The molecule has 0 radical (unpaired) electrons. The van der Waals surface area contributed by atoms with E-state index >= 15 is 0 Å². The number of rotatable bonds is 4. The highest BCUT2D eigenvalue weighted by atomic mass is 19.4. The van der Waals surface area contributed by atoms with E-state index in [1.807, 2.05) is 0 Å². The predicted octanol–water partition coefficient (Wildman–Crippen LogP) is 1.82. The Bertz CT molecular complexity index is 434. The first-order valence-electron chi connectivity index (χ1n) is 4.70. The van der Waals surface area contributed by atoms with Gasteiger partial charge in [0, 0.05) is 6.07 Å². The van der Waals surface area contributed by atoms with E-state index in [-0.39, 0.29) is 17.3 Å². The third kappa shape index (κ3) is 3.79. The summed E-state index contributed by atoms with van der Waals surface area (Å²) in [5.41, 5.74) is -0.000594. The highest BCUT2D eigenvalue weighted by Crippen LogP contribution is 2.22. The zero-order valence-corrected chi connectivity index (χ0v) is 9.58. The molecule has 1 aromatic rings. The molecule has 18 heavy (non-hydrogen) atoms. The van der Waals surface area contributed by atoms with E-state index in [0.717, 1.165) is 13.2 Å². The standard InChI is InChI=1S/C10H10F3NO4/c1-16-8-6(9(15)17-2)3-4-7(14-8)18-5-10(11,12)13/h3-4H,5H2,1-2H3. The average molecular weight is 265 g/mol. The number of aromatic nitrogens is 1. The number of hydrogen-bond acceptors (Lipinski definition) is 5. The molecule has 0 amide bonds. The molecule has 0 spiro atoms. The molecule has 1 rings (SSSR count). The predicted molar refractivity (Wildman–Crippen MR) is 53.7 cm³/mol. The second kappa shape index (κ2) is 5.56. The number of pyridine rings is 1. The van der Waals surface area contributed by atoms with Gasteiger partial charge in [0.2, 0.25) is 11.8 Å². The van der Waals surface area contributed by atoms with Gasteiger partial charge in [0.25, 0.3) is 0 Å². The summed E-state index contributed by atoms with van der Waals surface area (Å²) in [6.07, 6.45) is -4.46. The Morgan fingerprint density at radius 3 is 2.50 bits per heavy atom. The summed E-state index contributed by atoms with van der Waals surface area (Å²) in [6, 6.07) is 2.34. The lowest BCUT2D eigenvalue weighted by atomic mass is 10.3. The fraction of sp³-hybridized carbons (Fsp3) is 0.400. The lowest BCUT2D eigenvalue weighted by Gasteiger charge is -2.10. The normalized spacial score (nSPS) is 10.9. The van der Waals surface area contributed by atoms with Crippen LogP contribution in [-0.4, -0.2) is 38.0 Å². The molecular formula is C10H10F3NO4. The van der Waals surface area contributed by atoms with Crippen LogP contribution in [0.2, 0.25) is 0 Å². The van der Waals surface area contributed by atoms with Gasteiger partial charge in [-0.15, -0.1) is 0 Å². The summed E-state index contributed by atoms with van der Waals surface area (Å²) in [5.74, 6) is -1.17. The molecular weight excluding hydrogens is 255 g/mol. The van der Waals surface area contributed by atoms with Crippen molar-refractivity contribution in [3.05, 3.63) is 17.7 Å². The van der Waals surface area contributed by atoms with Crippen LogP contribution < -0.4 is 9.47 Å². The zero-order chi connectivity index (χ0) is 13.8. The van der Waals surface area contributed by atoms with Crippen LogP contribution in [0.4, 0.5) is 13.2 Å². The lowest BCUT2D eigenvalue weighted by Crippen LogP contribution is -2.19. The number of alkyl halides is 3. The average Bonchev–Trinajstić information content (AvgIpc) is 2.34. The van der Waals surface area contributed by atoms with E-state index < -0.39 is 18.8 Å². The number of methoxy groups -OCH3 is 2. The number of nitrogens with zero attached hydrogens (tertiary/aromatic N) is 1. The first-order chi connectivity index (χ1) is 8.37. The molecule has 0 aliphatic carbocycles. The van der Waals surface area contributed by atoms with Crippen molar-refractivity contribution in [2.45, 2.75) is 6.18 Å². The third-order valence-corrected chi connectivity index (χ3v) is 1.82. The van der Waals surface area contributed by atoms with E-state index in [4.69, 9.17) is 4.74 Å². The van der Waals surface area contributed by atoms with Crippen LogP contribution in [0.5, 0.6) is 11.8 Å². The van der Waals surface area contributed by atoms with Crippen molar-refractivity contribution in [1.82, 2.24) is 4.98 Å². The fourth-order valence-corrected chi connectivity index (χ4v) is 1.08.